The lowest BCUT2D eigenvalue weighted by Crippen LogP contribution is -2.62. The molecule has 1 saturated heterocycles. The molecule has 2 saturated carbocycles. The third kappa shape index (κ3) is 2.45. The van der Waals surface area contributed by atoms with Crippen LogP contribution in [0.5, 0.6) is 0 Å². The lowest BCUT2D eigenvalue weighted by atomic mass is 9.82. The lowest BCUT2D eigenvalue weighted by molar-refractivity contribution is 0.0322. The molecule has 3 rings (SSSR count). The van der Waals surface area contributed by atoms with Crippen LogP contribution in [-0.4, -0.2) is 29.6 Å². The van der Waals surface area contributed by atoms with Crippen LogP contribution in [0.25, 0.3) is 0 Å². The fraction of sp³-hybridized carbons (Fsp3) is 1.00. The third-order valence-corrected chi connectivity index (χ3v) is 5.57. The van der Waals surface area contributed by atoms with Crippen LogP contribution in [0, 0.1) is 5.92 Å². The molecule has 0 radical (unpaired) electrons. The Morgan fingerprint density at radius 2 is 1.72 bits per heavy atom. The van der Waals surface area contributed by atoms with Crippen molar-refractivity contribution >= 4 is 0 Å². The maximum Gasteiger partial charge on any atom is 0.0397 e. The second-order valence-electron chi connectivity index (χ2n) is 6.76. The second-order valence-corrected chi connectivity index (χ2v) is 6.76. The summed E-state index contributed by atoms with van der Waals surface area (Å²) < 4.78 is 0. The molecule has 0 bridgehead atoms. The van der Waals surface area contributed by atoms with Crippen molar-refractivity contribution in [3.05, 3.63) is 0 Å². The van der Waals surface area contributed by atoms with Crippen molar-refractivity contribution in [2.24, 2.45) is 11.8 Å². The van der Waals surface area contributed by atoms with Gasteiger partial charge in [0.1, 0.15) is 0 Å². The molecule has 0 aromatic rings. The molecular formula is C15H29N3. The first kappa shape index (κ1) is 12.9. The standard InChI is InChI=1S/C15H29N3/c16-17-14(12-13-6-7-13)15(8-2-3-9-15)18-10-4-1-5-11-18/h13-14,17H,1-12,16H2. The first-order valence-corrected chi connectivity index (χ1v) is 8.06. The minimum atomic E-state index is 0.401. The minimum absolute atomic E-state index is 0.401. The zero-order valence-corrected chi connectivity index (χ0v) is 11.7. The van der Waals surface area contributed by atoms with Gasteiger partial charge in [0.2, 0.25) is 0 Å². The number of piperidine rings is 1. The van der Waals surface area contributed by atoms with E-state index in [1.165, 1.54) is 77.3 Å². The molecule has 1 unspecified atom stereocenters. The Kier molecular flexibility index (Phi) is 3.92. The van der Waals surface area contributed by atoms with Gasteiger partial charge in [0.25, 0.3) is 0 Å². The van der Waals surface area contributed by atoms with E-state index in [0.29, 0.717) is 11.6 Å². The largest absolute Gasteiger partial charge is 0.296 e. The lowest BCUT2D eigenvalue weighted by Gasteiger charge is -2.48. The van der Waals surface area contributed by atoms with Gasteiger partial charge >= 0.3 is 0 Å². The smallest absolute Gasteiger partial charge is 0.0397 e. The van der Waals surface area contributed by atoms with Crippen molar-refractivity contribution in [1.82, 2.24) is 10.3 Å². The number of hydrazine groups is 1. The average Bonchev–Trinajstić information content (AvgIpc) is 3.11. The van der Waals surface area contributed by atoms with Crippen molar-refractivity contribution in [2.45, 2.75) is 75.8 Å². The van der Waals surface area contributed by atoms with E-state index >= 15 is 0 Å². The molecule has 0 aromatic carbocycles. The number of hydrogen-bond acceptors (Lipinski definition) is 3. The molecule has 0 spiro atoms. The molecule has 2 aliphatic carbocycles. The number of rotatable bonds is 5. The maximum absolute atomic E-state index is 5.94. The molecule has 3 aliphatic rings. The van der Waals surface area contributed by atoms with E-state index in [9.17, 15) is 0 Å². The highest BCUT2D eigenvalue weighted by molar-refractivity contribution is 5.05. The SMILES string of the molecule is NNC(CC1CC1)C1(N2CCCCC2)CCCC1. The Labute approximate surface area is 111 Å². The van der Waals surface area contributed by atoms with Gasteiger partial charge in [-0.3, -0.25) is 16.2 Å². The van der Waals surface area contributed by atoms with Gasteiger partial charge in [0.15, 0.2) is 0 Å². The highest BCUT2D eigenvalue weighted by atomic mass is 15.3. The second kappa shape index (κ2) is 5.48. The van der Waals surface area contributed by atoms with E-state index in [1.807, 2.05) is 0 Å². The summed E-state index contributed by atoms with van der Waals surface area (Å²) in [6.07, 6.45) is 13.9. The van der Waals surface area contributed by atoms with Crippen LogP contribution >= 0.6 is 0 Å². The van der Waals surface area contributed by atoms with E-state index in [0.717, 1.165) is 5.92 Å². The molecule has 104 valence electrons. The summed E-state index contributed by atoms with van der Waals surface area (Å²) >= 11 is 0. The molecule has 0 aromatic heterocycles. The summed E-state index contributed by atoms with van der Waals surface area (Å²) in [5.41, 5.74) is 3.61. The van der Waals surface area contributed by atoms with Gasteiger partial charge in [0, 0.05) is 11.6 Å². The third-order valence-electron chi connectivity index (χ3n) is 5.57. The van der Waals surface area contributed by atoms with E-state index in [-0.39, 0.29) is 0 Å². The van der Waals surface area contributed by atoms with Gasteiger partial charge in [-0.05, 0) is 51.1 Å². The fourth-order valence-corrected chi connectivity index (χ4v) is 4.34. The maximum atomic E-state index is 5.94. The molecule has 1 atom stereocenters. The summed E-state index contributed by atoms with van der Waals surface area (Å²) in [5, 5.41) is 0. The molecule has 3 heteroatoms. The Bertz CT molecular complexity index is 263. The Morgan fingerprint density at radius 3 is 2.28 bits per heavy atom. The van der Waals surface area contributed by atoms with Gasteiger partial charge in [-0.15, -0.1) is 0 Å². The predicted octanol–water partition coefficient (Wildman–Crippen LogP) is 2.42. The van der Waals surface area contributed by atoms with Crippen molar-refractivity contribution in [3.8, 4) is 0 Å². The van der Waals surface area contributed by atoms with Gasteiger partial charge in [-0.1, -0.05) is 32.1 Å². The molecule has 18 heavy (non-hydrogen) atoms. The number of likely N-dealkylation sites (tertiary alicyclic amines) is 1. The monoisotopic (exact) mass is 251 g/mol. The van der Waals surface area contributed by atoms with Crippen molar-refractivity contribution < 1.29 is 0 Å². The number of nitrogens with one attached hydrogen (secondary N) is 1. The summed E-state index contributed by atoms with van der Waals surface area (Å²) in [6.45, 7) is 2.62. The molecular weight excluding hydrogens is 222 g/mol. The number of nitrogens with zero attached hydrogens (tertiary/aromatic N) is 1. The van der Waals surface area contributed by atoms with Crippen molar-refractivity contribution in [2.75, 3.05) is 13.1 Å². The normalized spacial score (nSPS) is 30.5. The van der Waals surface area contributed by atoms with Gasteiger partial charge in [-0.2, -0.15) is 0 Å². The van der Waals surface area contributed by atoms with Crippen molar-refractivity contribution in [3.63, 3.8) is 0 Å². The Morgan fingerprint density at radius 1 is 1.06 bits per heavy atom. The molecule has 3 nitrogen and oxygen atoms in total. The Balaban J connectivity index is 1.74. The summed E-state index contributed by atoms with van der Waals surface area (Å²) in [7, 11) is 0. The molecule has 3 fully saturated rings. The van der Waals surface area contributed by atoms with E-state index in [1.54, 1.807) is 0 Å². The number of nitrogens with two attached hydrogens (primary N) is 1. The van der Waals surface area contributed by atoms with Gasteiger partial charge < -0.3 is 0 Å². The van der Waals surface area contributed by atoms with Crippen LogP contribution in [0.15, 0.2) is 0 Å². The predicted molar refractivity (Wildman–Crippen MR) is 75.1 cm³/mol. The number of hydrogen-bond donors (Lipinski definition) is 2. The van der Waals surface area contributed by atoms with E-state index in [2.05, 4.69) is 10.3 Å². The highest BCUT2D eigenvalue weighted by Gasteiger charge is 2.47. The first-order chi connectivity index (χ1) is 8.85. The van der Waals surface area contributed by atoms with E-state index < -0.39 is 0 Å². The molecule has 3 N–H and O–H groups in total. The van der Waals surface area contributed by atoms with Gasteiger partial charge in [-0.25, -0.2) is 0 Å². The quantitative estimate of drug-likeness (QED) is 0.582. The summed E-state index contributed by atoms with van der Waals surface area (Å²) in [6, 6.07) is 0.533. The van der Waals surface area contributed by atoms with Crippen LogP contribution in [-0.2, 0) is 0 Å². The summed E-state index contributed by atoms with van der Waals surface area (Å²) in [5.74, 6) is 6.91. The zero-order chi connectivity index (χ0) is 12.4. The van der Waals surface area contributed by atoms with E-state index in [4.69, 9.17) is 5.84 Å². The summed E-state index contributed by atoms with van der Waals surface area (Å²) in [4.78, 5) is 2.80. The minimum Gasteiger partial charge on any atom is -0.296 e. The fourth-order valence-electron chi connectivity index (χ4n) is 4.34. The molecule has 1 aliphatic heterocycles. The zero-order valence-electron chi connectivity index (χ0n) is 11.7. The highest BCUT2D eigenvalue weighted by Crippen LogP contribution is 2.44. The van der Waals surface area contributed by atoms with Crippen LogP contribution in [0.2, 0.25) is 0 Å². The first-order valence-electron chi connectivity index (χ1n) is 8.06. The van der Waals surface area contributed by atoms with Crippen LogP contribution in [0.1, 0.15) is 64.2 Å². The average molecular weight is 251 g/mol. The van der Waals surface area contributed by atoms with Crippen LogP contribution in [0.4, 0.5) is 0 Å². The van der Waals surface area contributed by atoms with Crippen LogP contribution < -0.4 is 11.3 Å². The Hall–Kier alpha value is -0.120. The topological polar surface area (TPSA) is 41.3 Å². The van der Waals surface area contributed by atoms with Gasteiger partial charge in [0.05, 0.1) is 0 Å². The molecule has 0 amide bonds. The van der Waals surface area contributed by atoms with Crippen molar-refractivity contribution in [1.29, 1.82) is 0 Å². The molecule has 1 heterocycles. The van der Waals surface area contributed by atoms with Crippen LogP contribution in [0.3, 0.4) is 0 Å².